The standard InChI is InChI=1S/C17H22N2O2/c1-3-17(10-6-7-11-17)15-14(16(18)21-19-15)12-8-4-5-9-13(12)20-2/h4-5,8-9H,3,6-7,10-11,18H2,1-2H3. The minimum atomic E-state index is 0.0945. The molecule has 1 saturated carbocycles. The van der Waals surface area contributed by atoms with Crippen LogP contribution < -0.4 is 10.5 Å². The van der Waals surface area contributed by atoms with Crippen molar-refractivity contribution in [1.29, 1.82) is 0 Å². The Morgan fingerprint density at radius 1 is 1.29 bits per heavy atom. The molecule has 3 rings (SSSR count). The Balaban J connectivity index is 2.18. The van der Waals surface area contributed by atoms with Crippen LogP contribution in [0.2, 0.25) is 0 Å². The molecule has 0 bridgehead atoms. The smallest absolute Gasteiger partial charge is 0.230 e. The average molecular weight is 286 g/mol. The number of methoxy groups -OCH3 is 1. The highest BCUT2D eigenvalue weighted by molar-refractivity contribution is 5.80. The average Bonchev–Trinajstić information content (AvgIpc) is 3.14. The highest BCUT2D eigenvalue weighted by Crippen LogP contribution is 2.49. The van der Waals surface area contributed by atoms with Crippen molar-refractivity contribution in [3.63, 3.8) is 0 Å². The maximum absolute atomic E-state index is 6.09. The molecule has 1 aromatic carbocycles. The Labute approximate surface area is 125 Å². The number of aromatic nitrogens is 1. The molecular formula is C17H22N2O2. The number of para-hydroxylation sites is 1. The lowest BCUT2D eigenvalue weighted by molar-refractivity contribution is 0.361. The molecule has 1 heterocycles. The van der Waals surface area contributed by atoms with Crippen LogP contribution >= 0.6 is 0 Å². The molecule has 1 fully saturated rings. The molecule has 4 heteroatoms. The van der Waals surface area contributed by atoms with Crippen LogP contribution in [0.4, 0.5) is 5.88 Å². The van der Waals surface area contributed by atoms with Gasteiger partial charge in [-0.25, -0.2) is 0 Å². The van der Waals surface area contributed by atoms with Gasteiger partial charge in [0.25, 0.3) is 0 Å². The lowest BCUT2D eigenvalue weighted by Crippen LogP contribution is -2.22. The summed E-state index contributed by atoms with van der Waals surface area (Å²) >= 11 is 0. The first-order valence-electron chi connectivity index (χ1n) is 7.61. The Kier molecular flexibility index (Phi) is 3.62. The molecule has 1 aliphatic carbocycles. The molecule has 0 amide bonds. The van der Waals surface area contributed by atoms with Crippen molar-refractivity contribution in [2.75, 3.05) is 12.8 Å². The van der Waals surface area contributed by atoms with Gasteiger partial charge in [-0.15, -0.1) is 0 Å². The van der Waals surface area contributed by atoms with Crippen molar-refractivity contribution in [2.24, 2.45) is 0 Å². The van der Waals surface area contributed by atoms with Crippen molar-refractivity contribution in [2.45, 2.75) is 44.4 Å². The number of nitrogen functional groups attached to an aromatic ring is 1. The zero-order valence-electron chi connectivity index (χ0n) is 12.7. The van der Waals surface area contributed by atoms with E-state index in [0.717, 1.165) is 41.8 Å². The Bertz CT molecular complexity index is 627. The molecule has 1 aromatic heterocycles. The minimum Gasteiger partial charge on any atom is -0.496 e. The van der Waals surface area contributed by atoms with Gasteiger partial charge >= 0.3 is 0 Å². The van der Waals surface area contributed by atoms with E-state index in [0.29, 0.717) is 5.88 Å². The maximum atomic E-state index is 6.09. The third-order valence-corrected chi connectivity index (χ3v) is 4.83. The second-order valence-corrected chi connectivity index (χ2v) is 5.81. The molecule has 112 valence electrons. The topological polar surface area (TPSA) is 61.3 Å². The molecule has 0 aliphatic heterocycles. The summed E-state index contributed by atoms with van der Waals surface area (Å²) in [7, 11) is 1.67. The fourth-order valence-corrected chi connectivity index (χ4v) is 3.59. The zero-order chi connectivity index (χ0) is 14.9. The van der Waals surface area contributed by atoms with Crippen LogP contribution in [0.5, 0.6) is 5.75 Å². The van der Waals surface area contributed by atoms with Crippen LogP contribution in [0, 0.1) is 0 Å². The molecule has 21 heavy (non-hydrogen) atoms. The molecule has 0 radical (unpaired) electrons. The van der Waals surface area contributed by atoms with E-state index >= 15 is 0 Å². The molecule has 2 aromatic rings. The van der Waals surface area contributed by atoms with E-state index in [4.69, 9.17) is 15.0 Å². The third kappa shape index (κ3) is 2.19. The van der Waals surface area contributed by atoms with E-state index in [-0.39, 0.29) is 5.41 Å². The summed E-state index contributed by atoms with van der Waals surface area (Å²) in [6.45, 7) is 2.22. The number of nitrogens with zero attached hydrogens (tertiary/aromatic N) is 1. The summed E-state index contributed by atoms with van der Waals surface area (Å²) < 4.78 is 10.8. The lowest BCUT2D eigenvalue weighted by atomic mass is 9.77. The van der Waals surface area contributed by atoms with Crippen LogP contribution in [0.1, 0.15) is 44.7 Å². The molecular weight excluding hydrogens is 264 g/mol. The van der Waals surface area contributed by atoms with Crippen molar-refractivity contribution < 1.29 is 9.26 Å². The Morgan fingerprint density at radius 3 is 2.67 bits per heavy atom. The number of benzene rings is 1. The quantitative estimate of drug-likeness (QED) is 0.917. The number of ether oxygens (including phenoxy) is 1. The molecule has 4 nitrogen and oxygen atoms in total. The van der Waals surface area contributed by atoms with E-state index in [1.165, 1.54) is 12.8 Å². The van der Waals surface area contributed by atoms with E-state index in [1.54, 1.807) is 7.11 Å². The van der Waals surface area contributed by atoms with Gasteiger partial charge in [0.05, 0.1) is 18.4 Å². The van der Waals surface area contributed by atoms with E-state index in [9.17, 15) is 0 Å². The Morgan fingerprint density at radius 2 is 2.00 bits per heavy atom. The van der Waals surface area contributed by atoms with Gasteiger partial charge in [-0.3, -0.25) is 0 Å². The predicted molar refractivity (Wildman–Crippen MR) is 83.3 cm³/mol. The van der Waals surface area contributed by atoms with E-state index in [2.05, 4.69) is 12.1 Å². The van der Waals surface area contributed by atoms with Crippen molar-refractivity contribution in [1.82, 2.24) is 5.16 Å². The number of rotatable bonds is 4. The van der Waals surface area contributed by atoms with Gasteiger partial charge in [0.2, 0.25) is 5.88 Å². The van der Waals surface area contributed by atoms with Crippen LogP contribution in [-0.4, -0.2) is 12.3 Å². The first-order valence-corrected chi connectivity index (χ1v) is 7.61. The number of hydrogen-bond acceptors (Lipinski definition) is 4. The highest BCUT2D eigenvalue weighted by Gasteiger charge is 2.40. The molecule has 1 aliphatic rings. The summed E-state index contributed by atoms with van der Waals surface area (Å²) in [6, 6.07) is 7.90. The van der Waals surface area contributed by atoms with Gasteiger partial charge in [0.1, 0.15) is 5.75 Å². The highest BCUT2D eigenvalue weighted by atomic mass is 16.5. The van der Waals surface area contributed by atoms with Gasteiger partial charge in [-0.05, 0) is 25.3 Å². The molecule has 0 atom stereocenters. The summed E-state index contributed by atoms with van der Waals surface area (Å²) in [5.74, 6) is 1.19. The van der Waals surface area contributed by atoms with E-state index in [1.807, 2.05) is 24.3 Å². The first kappa shape index (κ1) is 14.0. The summed E-state index contributed by atoms with van der Waals surface area (Å²) in [5.41, 5.74) is 9.07. The fourth-order valence-electron chi connectivity index (χ4n) is 3.59. The summed E-state index contributed by atoms with van der Waals surface area (Å²) in [6.07, 6.45) is 5.84. The lowest BCUT2D eigenvalue weighted by Gasteiger charge is -2.26. The molecule has 2 N–H and O–H groups in total. The van der Waals surface area contributed by atoms with Crippen molar-refractivity contribution >= 4 is 5.88 Å². The second kappa shape index (κ2) is 5.43. The van der Waals surface area contributed by atoms with Gasteiger partial charge in [0, 0.05) is 11.0 Å². The Hall–Kier alpha value is -1.97. The SMILES string of the molecule is CCC1(c2noc(N)c2-c2ccccc2OC)CCCC1. The third-order valence-electron chi connectivity index (χ3n) is 4.83. The van der Waals surface area contributed by atoms with Gasteiger partial charge in [-0.1, -0.05) is 43.1 Å². The van der Waals surface area contributed by atoms with Crippen molar-refractivity contribution in [3.05, 3.63) is 30.0 Å². The van der Waals surface area contributed by atoms with Crippen LogP contribution in [0.15, 0.2) is 28.8 Å². The van der Waals surface area contributed by atoms with Gasteiger partial charge < -0.3 is 15.0 Å². The molecule has 0 spiro atoms. The molecule has 0 saturated heterocycles. The van der Waals surface area contributed by atoms with Crippen molar-refractivity contribution in [3.8, 4) is 16.9 Å². The predicted octanol–water partition coefficient (Wildman–Crippen LogP) is 4.15. The maximum Gasteiger partial charge on any atom is 0.230 e. The van der Waals surface area contributed by atoms with Gasteiger partial charge in [-0.2, -0.15) is 0 Å². The minimum absolute atomic E-state index is 0.0945. The number of hydrogen-bond donors (Lipinski definition) is 1. The van der Waals surface area contributed by atoms with Crippen LogP contribution in [-0.2, 0) is 5.41 Å². The number of anilines is 1. The normalized spacial score (nSPS) is 17.0. The van der Waals surface area contributed by atoms with Crippen LogP contribution in [0.3, 0.4) is 0 Å². The fraction of sp³-hybridized carbons (Fsp3) is 0.471. The number of nitrogens with two attached hydrogens (primary N) is 1. The monoisotopic (exact) mass is 286 g/mol. The van der Waals surface area contributed by atoms with E-state index < -0.39 is 0 Å². The largest absolute Gasteiger partial charge is 0.496 e. The second-order valence-electron chi connectivity index (χ2n) is 5.81. The summed E-state index contributed by atoms with van der Waals surface area (Å²) in [4.78, 5) is 0. The van der Waals surface area contributed by atoms with Gasteiger partial charge in [0.15, 0.2) is 0 Å². The summed E-state index contributed by atoms with van der Waals surface area (Å²) in [5, 5.41) is 4.34. The first-order chi connectivity index (χ1) is 10.2. The molecule has 0 unspecified atom stereocenters. The van der Waals surface area contributed by atoms with Crippen LogP contribution in [0.25, 0.3) is 11.1 Å². The zero-order valence-corrected chi connectivity index (χ0v) is 12.7.